The van der Waals surface area contributed by atoms with Crippen LogP contribution < -0.4 is 15.0 Å². The van der Waals surface area contributed by atoms with E-state index in [4.69, 9.17) is 9.47 Å². The van der Waals surface area contributed by atoms with Crippen LogP contribution in [0.1, 0.15) is 48.1 Å². The van der Waals surface area contributed by atoms with E-state index in [1.165, 1.54) is 5.56 Å². The Labute approximate surface area is 260 Å². The molecule has 5 rings (SSSR count). The molecule has 0 aliphatic carbocycles. The van der Waals surface area contributed by atoms with E-state index in [9.17, 15) is 9.59 Å². The van der Waals surface area contributed by atoms with E-state index in [1.807, 2.05) is 103 Å². The van der Waals surface area contributed by atoms with Crippen molar-refractivity contribution in [1.82, 2.24) is 4.90 Å². The van der Waals surface area contributed by atoms with Gasteiger partial charge in [0.15, 0.2) is 0 Å². The van der Waals surface area contributed by atoms with Gasteiger partial charge in [-0.3, -0.25) is 9.59 Å². The number of nitrogens with one attached hydrogen (secondary N) is 1. The summed E-state index contributed by atoms with van der Waals surface area (Å²) in [6.07, 6.45) is 0.180. The molecule has 2 amide bonds. The third-order valence-corrected chi connectivity index (χ3v) is 8.02. The van der Waals surface area contributed by atoms with Crippen molar-refractivity contribution in [2.24, 2.45) is 0 Å². The maximum atomic E-state index is 14.3. The lowest BCUT2D eigenvalue weighted by atomic mass is 9.97. The second-order valence-corrected chi connectivity index (χ2v) is 11.4. The smallest absolute Gasteiger partial charge is 0.251 e. The number of methoxy groups -OCH3 is 1. The van der Waals surface area contributed by atoms with Gasteiger partial charge in [0.1, 0.15) is 11.8 Å². The Bertz CT molecular complexity index is 1500. The van der Waals surface area contributed by atoms with Crippen molar-refractivity contribution in [3.8, 4) is 5.75 Å². The number of morpholine rings is 1. The maximum Gasteiger partial charge on any atom is 0.251 e. The Balaban J connectivity index is 1.48. The first-order valence-corrected chi connectivity index (χ1v) is 15.2. The van der Waals surface area contributed by atoms with Gasteiger partial charge in [0.2, 0.25) is 5.91 Å². The lowest BCUT2D eigenvalue weighted by Gasteiger charge is -2.32. The number of benzene rings is 4. The number of anilines is 2. The number of hydrogen-bond donors (Lipinski definition) is 1. The molecule has 1 fully saturated rings. The van der Waals surface area contributed by atoms with Crippen molar-refractivity contribution in [2.75, 3.05) is 43.6 Å². The van der Waals surface area contributed by atoms with Gasteiger partial charge in [0.05, 0.1) is 26.7 Å². The second-order valence-electron chi connectivity index (χ2n) is 11.4. The van der Waals surface area contributed by atoms with Crippen molar-refractivity contribution < 1.29 is 19.1 Å². The number of carbonyl (C=O) groups is 2. The lowest BCUT2D eigenvalue weighted by molar-refractivity contribution is -0.139. The summed E-state index contributed by atoms with van der Waals surface area (Å²) in [5.41, 5.74) is 5.49. The molecule has 0 bridgehead atoms. The van der Waals surface area contributed by atoms with Crippen LogP contribution >= 0.6 is 0 Å². The average Bonchev–Trinajstić information content (AvgIpc) is 3.06. The Morgan fingerprint density at radius 3 is 2.07 bits per heavy atom. The topological polar surface area (TPSA) is 71.1 Å². The van der Waals surface area contributed by atoms with Gasteiger partial charge in [-0.25, -0.2) is 0 Å². The number of rotatable bonds is 11. The number of hydrogen-bond acceptors (Lipinski definition) is 5. The normalized spacial score (nSPS) is 13.8. The van der Waals surface area contributed by atoms with Crippen molar-refractivity contribution >= 4 is 23.2 Å². The molecule has 1 N–H and O–H groups in total. The Morgan fingerprint density at radius 1 is 0.818 bits per heavy atom. The second kappa shape index (κ2) is 14.7. The van der Waals surface area contributed by atoms with Gasteiger partial charge in [-0.05, 0) is 64.6 Å². The minimum absolute atomic E-state index is 0.136. The molecule has 4 aromatic carbocycles. The van der Waals surface area contributed by atoms with Crippen LogP contribution in [0, 0.1) is 0 Å². The van der Waals surface area contributed by atoms with Crippen molar-refractivity contribution in [3.63, 3.8) is 0 Å². The SMILES string of the molecule is COc1ccc(CN(C(=O)Cc2ccccc2)C(C(=O)Nc2ccc(N3CCOCC3)cc2)c2ccc(C(C)C)cc2)cc1. The fraction of sp³-hybridized carbons (Fsp3) is 0.297. The fourth-order valence-electron chi connectivity index (χ4n) is 5.45. The van der Waals surface area contributed by atoms with Gasteiger partial charge in [0, 0.05) is 31.0 Å². The van der Waals surface area contributed by atoms with Crippen LogP contribution in [0.15, 0.2) is 103 Å². The summed E-state index contributed by atoms with van der Waals surface area (Å²) >= 11 is 0. The standard InChI is InChI=1S/C37H41N3O4/c1-27(2)30-11-13-31(14-12-30)36(37(42)38-32-15-17-33(18-16-32)39-21-23-44-24-22-39)40(26-29-9-19-34(43-3)20-10-29)35(41)25-28-7-5-4-6-8-28/h4-20,27,36H,21-26H2,1-3H3,(H,38,42). The predicted molar refractivity (Wildman–Crippen MR) is 175 cm³/mol. The van der Waals surface area contributed by atoms with Crippen LogP contribution in [0.4, 0.5) is 11.4 Å². The molecule has 44 heavy (non-hydrogen) atoms. The Kier molecular flexibility index (Phi) is 10.3. The summed E-state index contributed by atoms with van der Waals surface area (Å²) in [7, 11) is 1.62. The number of nitrogens with zero attached hydrogens (tertiary/aromatic N) is 2. The van der Waals surface area contributed by atoms with Crippen LogP contribution in [-0.4, -0.2) is 50.1 Å². The minimum Gasteiger partial charge on any atom is -0.497 e. The molecule has 1 unspecified atom stereocenters. The minimum atomic E-state index is -0.853. The van der Waals surface area contributed by atoms with Gasteiger partial charge in [-0.15, -0.1) is 0 Å². The highest BCUT2D eigenvalue weighted by Gasteiger charge is 2.32. The fourth-order valence-corrected chi connectivity index (χ4v) is 5.45. The van der Waals surface area contributed by atoms with E-state index in [0.717, 1.165) is 41.2 Å². The molecule has 1 aliphatic heterocycles. The summed E-state index contributed by atoms with van der Waals surface area (Å²) in [5, 5.41) is 3.12. The lowest BCUT2D eigenvalue weighted by Crippen LogP contribution is -2.41. The zero-order valence-corrected chi connectivity index (χ0v) is 25.7. The van der Waals surface area contributed by atoms with Gasteiger partial charge >= 0.3 is 0 Å². The first-order valence-electron chi connectivity index (χ1n) is 15.2. The zero-order valence-electron chi connectivity index (χ0n) is 25.7. The molecule has 1 atom stereocenters. The quantitative estimate of drug-likeness (QED) is 0.213. The summed E-state index contributed by atoms with van der Waals surface area (Å²) in [5.74, 6) is 0.672. The highest BCUT2D eigenvalue weighted by atomic mass is 16.5. The van der Waals surface area contributed by atoms with E-state index in [-0.39, 0.29) is 24.8 Å². The van der Waals surface area contributed by atoms with Crippen LogP contribution in [0.5, 0.6) is 5.75 Å². The highest BCUT2D eigenvalue weighted by molar-refractivity contribution is 5.98. The third kappa shape index (κ3) is 7.85. The third-order valence-electron chi connectivity index (χ3n) is 8.02. The molecule has 228 valence electrons. The molecule has 0 saturated carbocycles. The molecular formula is C37H41N3O4. The van der Waals surface area contributed by atoms with Gasteiger partial charge in [-0.1, -0.05) is 80.6 Å². The van der Waals surface area contributed by atoms with E-state index in [0.29, 0.717) is 24.8 Å². The van der Waals surface area contributed by atoms with E-state index in [1.54, 1.807) is 12.0 Å². The summed E-state index contributed by atoms with van der Waals surface area (Å²) < 4.78 is 10.8. The monoisotopic (exact) mass is 591 g/mol. The van der Waals surface area contributed by atoms with Crippen molar-refractivity contribution in [1.29, 1.82) is 0 Å². The first kappa shape index (κ1) is 30.8. The predicted octanol–water partition coefficient (Wildman–Crippen LogP) is 6.61. The molecule has 1 heterocycles. The zero-order chi connectivity index (χ0) is 30.9. The Morgan fingerprint density at radius 2 is 1.45 bits per heavy atom. The molecule has 1 saturated heterocycles. The molecule has 0 spiro atoms. The molecular weight excluding hydrogens is 550 g/mol. The summed E-state index contributed by atoms with van der Waals surface area (Å²) in [6.45, 7) is 7.62. The summed E-state index contributed by atoms with van der Waals surface area (Å²) in [4.78, 5) is 32.3. The molecule has 7 heteroatoms. The van der Waals surface area contributed by atoms with Crippen molar-refractivity contribution in [3.05, 3.63) is 125 Å². The summed E-state index contributed by atoms with van der Waals surface area (Å²) in [6, 6.07) is 32.3. The number of amides is 2. The van der Waals surface area contributed by atoms with Gasteiger partial charge in [0.25, 0.3) is 5.91 Å². The largest absolute Gasteiger partial charge is 0.497 e. The van der Waals surface area contributed by atoms with Gasteiger partial charge < -0.3 is 24.6 Å². The number of ether oxygens (including phenoxy) is 2. The van der Waals surface area contributed by atoms with E-state index >= 15 is 0 Å². The van der Waals surface area contributed by atoms with E-state index in [2.05, 4.69) is 24.1 Å². The molecule has 1 aliphatic rings. The Hall–Kier alpha value is -4.62. The number of carbonyl (C=O) groups excluding carboxylic acids is 2. The molecule has 7 nitrogen and oxygen atoms in total. The van der Waals surface area contributed by atoms with Crippen LogP contribution in [0.25, 0.3) is 0 Å². The van der Waals surface area contributed by atoms with Crippen LogP contribution in [0.2, 0.25) is 0 Å². The first-order chi connectivity index (χ1) is 21.4. The molecule has 0 aromatic heterocycles. The molecule has 0 radical (unpaired) electrons. The van der Waals surface area contributed by atoms with Crippen LogP contribution in [-0.2, 0) is 27.3 Å². The average molecular weight is 592 g/mol. The molecule has 4 aromatic rings. The van der Waals surface area contributed by atoms with Crippen LogP contribution in [0.3, 0.4) is 0 Å². The maximum absolute atomic E-state index is 14.3. The van der Waals surface area contributed by atoms with E-state index < -0.39 is 6.04 Å². The van der Waals surface area contributed by atoms with Gasteiger partial charge in [-0.2, -0.15) is 0 Å². The highest BCUT2D eigenvalue weighted by Crippen LogP contribution is 2.29. The van der Waals surface area contributed by atoms with Crippen molar-refractivity contribution in [2.45, 2.75) is 38.8 Å².